The largest absolute Gasteiger partial charge is 0.493 e. The van der Waals surface area contributed by atoms with Crippen molar-refractivity contribution in [1.29, 1.82) is 0 Å². The lowest BCUT2D eigenvalue weighted by atomic mass is 10.1. The van der Waals surface area contributed by atoms with Crippen molar-refractivity contribution in [3.63, 3.8) is 0 Å². The number of rotatable bonds is 16. The minimum absolute atomic E-state index is 0.130. The first-order valence-electron chi connectivity index (χ1n) is 13.7. The van der Waals surface area contributed by atoms with Gasteiger partial charge in [-0.25, -0.2) is 19.2 Å². The van der Waals surface area contributed by atoms with Gasteiger partial charge in [0.25, 0.3) is 0 Å². The lowest BCUT2D eigenvalue weighted by Crippen LogP contribution is -2.11. The molecule has 0 bridgehead atoms. The Kier molecular flexibility index (Phi) is 12.0. The molecular formula is C31H39FN2O3. The van der Waals surface area contributed by atoms with E-state index in [1.54, 1.807) is 30.3 Å². The van der Waals surface area contributed by atoms with Crippen LogP contribution in [-0.2, 0) is 6.42 Å². The van der Waals surface area contributed by atoms with Gasteiger partial charge in [-0.15, -0.1) is 0 Å². The number of hydrogen-bond donors (Lipinski definition) is 0. The van der Waals surface area contributed by atoms with Crippen molar-refractivity contribution in [3.05, 3.63) is 71.8 Å². The second-order valence-corrected chi connectivity index (χ2v) is 9.40. The Bertz CT molecular complexity index is 1080. The average Bonchev–Trinajstić information content (AvgIpc) is 2.91. The number of carbonyl (C=O) groups is 1. The highest BCUT2D eigenvalue weighted by atomic mass is 19.1. The van der Waals surface area contributed by atoms with Gasteiger partial charge in [-0.05, 0) is 61.2 Å². The third kappa shape index (κ3) is 9.60. The molecule has 198 valence electrons. The summed E-state index contributed by atoms with van der Waals surface area (Å²) in [6, 6.07) is 11.1. The number of halogens is 1. The van der Waals surface area contributed by atoms with E-state index in [2.05, 4.69) is 23.8 Å². The predicted molar refractivity (Wildman–Crippen MR) is 146 cm³/mol. The maximum absolute atomic E-state index is 14.6. The molecule has 1 aromatic heterocycles. The molecule has 0 amide bonds. The number of aromatic nitrogens is 2. The van der Waals surface area contributed by atoms with Crippen LogP contribution in [0.15, 0.2) is 54.9 Å². The van der Waals surface area contributed by atoms with Crippen molar-refractivity contribution in [3.8, 4) is 22.9 Å². The van der Waals surface area contributed by atoms with Gasteiger partial charge in [0.2, 0.25) is 0 Å². The summed E-state index contributed by atoms with van der Waals surface area (Å²) < 4.78 is 25.6. The van der Waals surface area contributed by atoms with E-state index in [9.17, 15) is 9.18 Å². The van der Waals surface area contributed by atoms with Crippen LogP contribution in [0.25, 0.3) is 11.4 Å². The lowest BCUT2D eigenvalue weighted by Gasteiger charge is -2.09. The van der Waals surface area contributed by atoms with E-state index >= 15 is 0 Å². The highest BCUT2D eigenvalue weighted by Gasteiger charge is 2.15. The number of esters is 1. The molecule has 0 aliphatic carbocycles. The molecule has 5 nitrogen and oxygen atoms in total. The second kappa shape index (κ2) is 15.7. The molecule has 0 unspecified atom stereocenters. The van der Waals surface area contributed by atoms with Crippen LogP contribution in [0, 0.1) is 5.82 Å². The Morgan fingerprint density at radius 2 is 1.41 bits per heavy atom. The van der Waals surface area contributed by atoms with Gasteiger partial charge < -0.3 is 9.47 Å². The van der Waals surface area contributed by atoms with E-state index < -0.39 is 11.8 Å². The SMILES string of the molecule is CCCCCCCCCOc1ccc(C(=O)Oc2ccc(-c3ncc(CCCCC)cn3)cc2)c(F)c1. The Balaban J connectivity index is 1.47. The first-order valence-corrected chi connectivity index (χ1v) is 13.7. The van der Waals surface area contributed by atoms with Gasteiger partial charge in [0.15, 0.2) is 5.82 Å². The van der Waals surface area contributed by atoms with E-state index in [4.69, 9.17) is 9.47 Å². The molecule has 2 aromatic carbocycles. The minimum atomic E-state index is -0.753. The maximum atomic E-state index is 14.6. The second-order valence-electron chi connectivity index (χ2n) is 9.40. The van der Waals surface area contributed by atoms with Crippen molar-refractivity contribution < 1.29 is 18.7 Å². The van der Waals surface area contributed by atoms with Gasteiger partial charge in [0.1, 0.15) is 17.3 Å². The van der Waals surface area contributed by atoms with Crippen LogP contribution in [0.1, 0.15) is 94.0 Å². The van der Waals surface area contributed by atoms with Crippen molar-refractivity contribution in [2.24, 2.45) is 0 Å². The predicted octanol–water partition coefficient (Wildman–Crippen LogP) is 8.36. The van der Waals surface area contributed by atoms with Gasteiger partial charge >= 0.3 is 5.97 Å². The van der Waals surface area contributed by atoms with Crippen LogP contribution in [0.2, 0.25) is 0 Å². The van der Waals surface area contributed by atoms with Crippen molar-refractivity contribution in [2.45, 2.75) is 84.5 Å². The van der Waals surface area contributed by atoms with Crippen molar-refractivity contribution in [1.82, 2.24) is 9.97 Å². The molecule has 1 heterocycles. The van der Waals surface area contributed by atoms with E-state index in [1.165, 1.54) is 57.1 Å². The van der Waals surface area contributed by atoms with Crippen LogP contribution in [0.4, 0.5) is 4.39 Å². The number of unbranched alkanes of at least 4 members (excludes halogenated alkanes) is 8. The molecular weight excluding hydrogens is 467 g/mol. The summed E-state index contributed by atoms with van der Waals surface area (Å²) in [6.45, 7) is 4.93. The molecule has 0 spiro atoms. The minimum Gasteiger partial charge on any atom is -0.493 e. The first kappa shape index (κ1) is 28.3. The fourth-order valence-electron chi connectivity index (χ4n) is 4.05. The molecule has 0 saturated carbocycles. The standard InChI is InChI=1S/C31H39FN2O3/c1-3-5-7-8-9-10-12-20-36-27-18-19-28(29(32)21-27)31(35)37-26-16-14-25(15-17-26)30-33-22-24(23-34-30)13-11-6-4-2/h14-19,21-23H,3-13,20H2,1-2H3. The lowest BCUT2D eigenvalue weighted by molar-refractivity contribution is 0.0730. The summed E-state index contributed by atoms with van der Waals surface area (Å²) in [4.78, 5) is 21.4. The summed E-state index contributed by atoms with van der Waals surface area (Å²) in [5, 5.41) is 0. The van der Waals surface area contributed by atoms with Crippen molar-refractivity contribution in [2.75, 3.05) is 6.61 Å². The monoisotopic (exact) mass is 506 g/mol. The van der Waals surface area contributed by atoms with Gasteiger partial charge in [-0.2, -0.15) is 0 Å². The molecule has 0 aliphatic heterocycles. The van der Waals surface area contributed by atoms with E-state index in [1.807, 2.05) is 12.4 Å². The number of carbonyl (C=O) groups excluding carboxylic acids is 1. The molecule has 0 N–H and O–H groups in total. The number of nitrogens with zero attached hydrogens (tertiary/aromatic N) is 2. The van der Waals surface area contributed by atoms with Crippen LogP contribution in [0.5, 0.6) is 11.5 Å². The molecule has 0 saturated heterocycles. The number of aryl methyl sites for hydroxylation is 1. The normalized spacial score (nSPS) is 10.9. The van der Waals surface area contributed by atoms with Crippen LogP contribution >= 0.6 is 0 Å². The van der Waals surface area contributed by atoms with Gasteiger partial charge in [0, 0.05) is 24.0 Å². The maximum Gasteiger partial charge on any atom is 0.346 e. The van der Waals surface area contributed by atoms with Gasteiger partial charge in [-0.1, -0.05) is 65.2 Å². The Labute approximate surface area is 220 Å². The summed E-state index contributed by atoms with van der Waals surface area (Å²) in [6.07, 6.45) is 16.5. The Morgan fingerprint density at radius 3 is 2.08 bits per heavy atom. The van der Waals surface area contributed by atoms with Crippen LogP contribution < -0.4 is 9.47 Å². The number of ether oxygens (including phenoxy) is 2. The molecule has 0 radical (unpaired) electrons. The zero-order valence-electron chi connectivity index (χ0n) is 22.2. The molecule has 0 atom stereocenters. The number of benzene rings is 2. The fourth-order valence-corrected chi connectivity index (χ4v) is 4.05. The van der Waals surface area contributed by atoms with Crippen LogP contribution in [0.3, 0.4) is 0 Å². The molecule has 6 heteroatoms. The smallest absolute Gasteiger partial charge is 0.346 e. The summed E-state index contributed by atoms with van der Waals surface area (Å²) >= 11 is 0. The summed E-state index contributed by atoms with van der Waals surface area (Å²) in [5.74, 6) is -0.0673. The first-order chi connectivity index (χ1) is 18.1. The van der Waals surface area contributed by atoms with E-state index in [0.29, 0.717) is 23.9 Å². The summed E-state index contributed by atoms with van der Waals surface area (Å²) in [5.41, 5.74) is 1.81. The van der Waals surface area contributed by atoms with Crippen molar-refractivity contribution >= 4 is 5.97 Å². The highest BCUT2D eigenvalue weighted by molar-refractivity contribution is 5.91. The topological polar surface area (TPSA) is 61.3 Å². The van der Waals surface area contributed by atoms with Gasteiger partial charge in [0.05, 0.1) is 12.2 Å². The third-order valence-electron chi connectivity index (χ3n) is 6.27. The van der Waals surface area contributed by atoms with Gasteiger partial charge in [-0.3, -0.25) is 0 Å². The van der Waals surface area contributed by atoms with E-state index in [0.717, 1.165) is 36.8 Å². The Hall–Kier alpha value is -3.28. The highest BCUT2D eigenvalue weighted by Crippen LogP contribution is 2.22. The van der Waals surface area contributed by atoms with Crippen LogP contribution in [-0.4, -0.2) is 22.5 Å². The summed E-state index contributed by atoms with van der Waals surface area (Å²) in [7, 11) is 0. The fraction of sp³-hybridized carbons (Fsp3) is 0.452. The molecule has 0 fully saturated rings. The molecule has 3 rings (SSSR count). The molecule has 37 heavy (non-hydrogen) atoms. The Morgan fingerprint density at radius 1 is 0.784 bits per heavy atom. The average molecular weight is 507 g/mol. The zero-order valence-corrected chi connectivity index (χ0v) is 22.2. The van der Waals surface area contributed by atoms with E-state index in [-0.39, 0.29) is 5.56 Å². The number of hydrogen-bond acceptors (Lipinski definition) is 5. The molecule has 3 aromatic rings. The quantitative estimate of drug-likeness (QED) is 0.111. The molecule has 0 aliphatic rings. The third-order valence-corrected chi connectivity index (χ3v) is 6.27. The zero-order chi connectivity index (χ0) is 26.3.